The van der Waals surface area contributed by atoms with E-state index in [9.17, 15) is 4.79 Å². The van der Waals surface area contributed by atoms with Crippen molar-refractivity contribution in [1.29, 1.82) is 0 Å². The first-order chi connectivity index (χ1) is 5.52. The summed E-state index contributed by atoms with van der Waals surface area (Å²) >= 11 is 5.20. The van der Waals surface area contributed by atoms with E-state index in [1.54, 1.807) is 6.07 Å². The van der Waals surface area contributed by atoms with Crippen LogP contribution in [0.5, 0.6) is 0 Å². The van der Waals surface area contributed by atoms with Gasteiger partial charge in [0.1, 0.15) is 0 Å². The lowest BCUT2D eigenvalue weighted by Crippen LogP contribution is -2.03. The molecule has 0 unspecified atom stereocenters. The predicted octanol–water partition coefficient (Wildman–Crippen LogP) is 2.33. The van der Waals surface area contributed by atoms with Crippen molar-refractivity contribution in [3.8, 4) is 0 Å². The van der Waals surface area contributed by atoms with E-state index < -0.39 is 5.97 Å². The zero-order valence-corrected chi connectivity index (χ0v) is 9.59. The molecule has 0 amide bonds. The molecule has 1 rings (SSSR count). The number of nitrogens with two attached hydrogens (primary N) is 1. The summed E-state index contributed by atoms with van der Waals surface area (Å²) < 4.78 is 1.46. The van der Waals surface area contributed by atoms with Crippen molar-refractivity contribution < 1.29 is 9.90 Å². The number of benzene rings is 1. The van der Waals surface area contributed by atoms with Crippen LogP contribution in [0.3, 0.4) is 0 Å². The second kappa shape index (κ2) is 3.61. The second-order valence-corrected chi connectivity index (χ2v) is 4.25. The number of nitrogen functional groups attached to an aromatic ring is 1. The molecule has 0 bridgehead atoms. The molecule has 1 aromatic carbocycles. The van der Waals surface area contributed by atoms with Gasteiger partial charge in [-0.05, 0) is 50.7 Å². The van der Waals surface area contributed by atoms with Gasteiger partial charge in [0.15, 0.2) is 0 Å². The van der Waals surface area contributed by atoms with Gasteiger partial charge in [-0.1, -0.05) is 0 Å². The Labute approximate surface area is 91.2 Å². The summed E-state index contributed by atoms with van der Waals surface area (Å²) in [5.74, 6) is -1.01. The van der Waals surface area contributed by atoms with Gasteiger partial charge in [-0.3, -0.25) is 0 Å². The van der Waals surface area contributed by atoms with Crippen LogP contribution >= 0.6 is 38.5 Å². The number of hydrogen-bond acceptors (Lipinski definition) is 2. The molecule has 0 aromatic heterocycles. The van der Waals surface area contributed by atoms with Crippen LogP contribution in [0.2, 0.25) is 0 Å². The van der Waals surface area contributed by atoms with Crippen LogP contribution in [0.1, 0.15) is 10.4 Å². The van der Waals surface area contributed by atoms with Gasteiger partial charge in [0.25, 0.3) is 0 Å². The summed E-state index contributed by atoms with van der Waals surface area (Å²) in [6, 6.07) is 3.30. The van der Waals surface area contributed by atoms with Crippen molar-refractivity contribution in [2.75, 3.05) is 5.73 Å². The molecule has 0 saturated carbocycles. The summed E-state index contributed by atoms with van der Waals surface area (Å²) in [5.41, 5.74) is 5.92. The molecule has 0 aliphatic rings. The summed E-state index contributed by atoms with van der Waals surface area (Å²) in [5, 5.41) is 8.71. The smallest absolute Gasteiger partial charge is 0.337 e. The molecule has 1 aromatic rings. The number of halogens is 2. The standard InChI is InChI=1S/C7H5BrINO2/c8-5-2-3(9)1-4(6(5)10)7(11)12/h1-2H,10H2,(H,11,12). The van der Waals surface area contributed by atoms with E-state index in [0.29, 0.717) is 4.47 Å². The van der Waals surface area contributed by atoms with E-state index in [2.05, 4.69) is 15.9 Å². The van der Waals surface area contributed by atoms with Crippen LogP contribution in [-0.4, -0.2) is 11.1 Å². The Morgan fingerprint density at radius 2 is 2.17 bits per heavy atom. The van der Waals surface area contributed by atoms with Gasteiger partial charge in [-0.25, -0.2) is 4.79 Å². The topological polar surface area (TPSA) is 63.3 Å². The van der Waals surface area contributed by atoms with Gasteiger partial charge >= 0.3 is 5.97 Å². The van der Waals surface area contributed by atoms with Crippen LogP contribution in [-0.2, 0) is 0 Å². The highest BCUT2D eigenvalue weighted by molar-refractivity contribution is 14.1. The number of aromatic carboxylic acids is 1. The molecule has 64 valence electrons. The van der Waals surface area contributed by atoms with Crippen molar-refractivity contribution in [3.05, 3.63) is 25.7 Å². The monoisotopic (exact) mass is 341 g/mol. The summed E-state index contributed by atoms with van der Waals surface area (Å²) in [4.78, 5) is 10.6. The third-order valence-electron chi connectivity index (χ3n) is 1.32. The van der Waals surface area contributed by atoms with Crippen molar-refractivity contribution in [1.82, 2.24) is 0 Å². The van der Waals surface area contributed by atoms with Crippen LogP contribution in [0, 0.1) is 3.57 Å². The largest absolute Gasteiger partial charge is 0.478 e. The van der Waals surface area contributed by atoms with Crippen LogP contribution in [0.4, 0.5) is 5.69 Å². The quantitative estimate of drug-likeness (QED) is 0.608. The van der Waals surface area contributed by atoms with Crippen LogP contribution < -0.4 is 5.73 Å². The van der Waals surface area contributed by atoms with Gasteiger partial charge in [-0.15, -0.1) is 0 Å². The fourth-order valence-corrected chi connectivity index (χ4v) is 2.27. The number of carbonyl (C=O) groups is 1. The molecule has 0 aliphatic heterocycles. The first-order valence-electron chi connectivity index (χ1n) is 3.00. The number of anilines is 1. The zero-order chi connectivity index (χ0) is 9.30. The van der Waals surface area contributed by atoms with E-state index in [1.807, 2.05) is 22.6 Å². The maximum absolute atomic E-state index is 10.6. The molecule has 0 atom stereocenters. The highest BCUT2D eigenvalue weighted by atomic mass is 127. The summed E-state index contributed by atoms with van der Waals surface area (Å²) in [6.45, 7) is 0. The maximum atomic E-state index is 10.6. The van der Waals surface area contributed by atoms with E-state index in [1.165, 1.54) is 6.07 Å². The van der Waals surface area contributed by atoms with Crippen LogP contribution in [0.25, 0.3) is 0 Å². The molecule has 0 spiro atoms. The molecule has 3 nitrogen and oxygen atoms in total. The lowest BCUT2D eigenvalue weighted by atomic mass is 10.2. The number of hydrogen-bond donors (Lipinski definition) is 2. The molecule has 0 radical (unpaired) electrons. The molecule has 0 aliphatic carbocycles. The third kappa shape index (κ3) is 1.89. The van der Waals surface area contributed by atoms with Crippen molar-refractivity contribution in [3.63, 3.8) is 0 Å². The van der Waals surface area contributed by atoms with E-state index in [4.69, 9.17) is 10.8 Å². The fourth-order valence-electron chi connectivity index (χ4n) is 0.762. The molecular weight excluding hydrogens is 337 g/mol. The average Bonchev–Trinajstić information content (AvgIpc) is 1.96. The fraction of sp³-hybridized carbons (Fsp3) is 0. The lowest BCUT2D eigenvalue weighted by molar-refractivity contribution is 0.0698. The lowest BCUT2D eigenvalue weighted by Gasteiger charge is -2.03. The normalized spacial score (nSPS) is 9.83. The number of carboxylic acid groups (broad SMARTS) is 1. The Hall–Kier alpha value is -0.300. The van der Waals surface area contributed by atoms with E-state index >= 15 is 0 Å². The van der Waals surface area contributed by atoms with Gasteiger partial charge in [0.05, 0.1) is 11.3 Å². The Bertz CT molecular complexity index is 340. The van der Waals surface area contributed by atoms with Crippen LogP contribution in [0.15, 0.2) is 16.6 Å². The van der Waals surface area contributed by atoms with Crippen molar-refractivity contribution >= 4 is 50.2 Å². The predicted molar refractivity (Wildman–Crippen MR) is 58.2 cm³/mol. The first-order valence-corrected chi connectivity index (χ1v) is 4.87. The summed E-state index contributed by atoms with van der Waals surface area (Å²) in [6.07, 6.45) is 0. The Morgan fingerprint density at radius 3 is 2.67 bits per heavy atom. The third-order valence-corrected chi connectivity index (χ3v) is 2.60. The zero-order valence-electron chi connectivity index (χ0n) is 5.84. The molecule has 3 N–H and O–H groups in total. The van der Waals surface area contributed by atoms with E-state index in [0.717, 1.165) is 3.57 Å². The molecular formula is C7H5BrINO2. The minimum Gasteiger partial charge on any atom is -0.478 e. The highest BCUT2D eigenvalue weighted by Crippen LogP contribution is 2.26. The Balaban J connectivity index is 3.37. The minimum atomic E-state index is -1.01. The molecule has 12 heavy (non-hydrogen) atoms. The Kier molecular flexibility index (Phi) is 2.94. The average molecular weight is 342 g/mol. The minimum absolute atomic E-state index is 0.133. The highest BCUT2D eigenvalue weighted by Gasteiger charge is 2.10. The molecule has 5 heteroatoms. The molecule has 0 fully saturated rings. The first kappa shape index (κ1) is 9.79. The summed E-state index contributed by atoms with van der Waals surface area (Å²) in [7, 11) is 0. The molecule has 0 saturated heterocycles. The Morgan fingerprint density at radius 1 is 1.58 bits per heavy atom. The number of rotatable bonds is 1. The SMILES string of the molecule is Nc1c(Br)cc(I)cc1C(=O)O. The number of carboxylic acids is 1. The van der Waals surface area contributed by atoms with Crippen molar-refractivity contribution in [2.45, 2.75) is 0 Å². The van der Waals surface area contributed by atoms with Crippen molar-refractivity contribution in [2.24, 2.45) is 0 Å². The van der Waals surface area contributed by atoms with E-state index in [-0.39, 0.29) is 11.3 Å². The van der Waals surface area contributed by atoms with Gasteiger partial charge < -0.3 is 10.8 Å². The van der Waals surface area contributed by atoms with Gasteiger partial charge in [-0.2, -0.15) is 0 Å². The van der Waals surface area contributed by atoms with Gasteiger partial charge in [0, 0.05) is 8.04 Å². The molecule has 0 heterocycles. The second-order valence-electron chi connectivity index (χ2n) is 2.15. The van der Waals surface area contributed by atoms with Gasteiger partial charge in [0.2, 0.25) is 0 Å². The maximum Gasteiger partial charge on any atom is 0.337 e.